The van der Waals surface area contributed by atoms with Crippen molar-refractivity contribution in [1.29, 1.82) is 0 Å². The molecule has 1 fully saturated rings. The van der Waals surface area contributed by atoms with E-state index in [0.29, 0.717) is 22.3 Å². The molecule has 0 saturated carbocycles. The van der Waals surface area contributed by atoms with E-state index in [1.165, 1.54) is 23.9 Å². The third-order valence-corrected chi connectivity index (χ3v) is 5.94. The average Bonchev–Trinajstić information content (AvgIpc) is 3.19. The number of hydrogen-bond acceptors (Lipinski definition) is 4. The van der Waals surface area contributed by atoms with E-state index >= 15 is 0 Å². The van der Waals surface area contributed by atoms with Crippen LogP contribution in [0.2, 0.25) is 0 Å². The van der Waals surface area contributed by atoms with Crippen LogP contribution >= 0.6 is 11.8 Å². The Hall–Kier alpha value is -3.19. The maximum absolute atomic E-state index is 13.2. The van der Waals surface area contributed by atoms with E-state index in [4.69, 9.17) is 0 Å². The van der Waals surface area contributed by atoms with Crippen LogP contribution in [0.5, 0.6) is 0 Å². The van der Waals surface area contributed by atoms with Crippen molar-refractivity contribution in [2.75, 3.05) is 6.54 Å². The number of carbonyl (C=O) groups excluding carboxylic acids is 1. The second kappa shape index (κ2) is 8.28. The number of benzene rings is 1. The molecule has 0 atom stereocenters. The monoisotopic (exact) mass is 420 g/mol. The van der Waals surface area contributed by atoms with Gasteiger partial charge in [0.1, 0.15) is 5.82 Å². The molecule has 1 saturated heterocycles. The van der Waals surface area contributed by atoms with E-state index in [-0.39, 0.29) is 11.7 Å². The number of pyridine rings is 1. The zero-order chi connectivity index (χ0) is 21.3. The van der Waals surface area contributed by atoms with Gasteiger partial charge in [-0.05, 0) is 86.6 Å². The number of aryl methyl sites for hydroxylation is 1. The molecule has 3 aromatic rings. The third-order valence-electron chi connectivity index (χ3n) is 4.93. The molecule has 7 heteroatoms. The molecule has 1 aromatic carbocycles. The standard InChI is InChI=1S/C23H21FN4OS/c1-4-27-22(29)21(30-23(27)26-19-7-5-18(24)6-8-19)14-17-13-15(2)28(16(17)3)20-9-11-25-12-10-20/h5-14H,4H2,1-3H3/b21-14+,26-23?. The van der Waals surface area contributed by atoms with Gasteiger partial charge in [-0.25, -0.2) is 9.38 Å². The molecule has 30 heavy (non-hydrogen) atoms. The second-order valence-corrected chi connectivity index (χ2v) is 7.91. The van der Waals surface area contributed by atoms with Crippen molar-refractivity contribution >= 4 is 34.6 Å². The van der Waals surface area contributed by atoms with Crippen molar-refractivity contribution in [2.24, 2.45) is 4.99 Å². The Morgan fingerprint density at radius 3 is 2.50 bits per heavy atom. The summed E-state index contributed by atoms with van der Waals surface area (Å²) in [6, 6.07) is 11.9. The van der Waals surface area contributed by atoms with Gasteiger partial charge in [-0.2, -0.15) is 0 Å². The third kappa shape index (κ3) is 3.80. The molecule has 0 bridgehead atoms. The van der Waals surface area contributed by atoms with E-state index in [9.17, 15) is 9.18 Å². The summed E-state index contributed by atoms with van der Waals surface area (Å²) in [5.41, 5.74) is 4.76. The number of likely N-dealkylation sites (N-methyl/N-ethyl adjacent to an activating group) is 1. The number of rotatable bonds is 4. The molecule has 0 N–H and O–H groups in total. The predicted octanol–water partition coefficient (Wildman–Crippen LogP) is 5.25. The molecule has 152 valence electrons. The van der Waals surface area contributed by atoms with E-state index < -0.39 is 0 Å². The Balaban J connectivity index is 1.69. The van der Waals surface area contributed by atoms with Crippen LogP contribution in [0.3, 0.4) is 0 Å². The molecule has 1 aliphatic rings. The average molecular weight is 421 g/mol. The van der Waals surface area contributed by atoms with Gasteiger partial charge in [0.15, 0.2) is 5.17 Å². The summed E-state index contributed by atoms with van der Waals surface area (Å²) in [5, 5.41) is 0.600. The fraction of sp³-hybridized carbons (Fsp3) is 0.174. The predicted molar refractivity (Wildman–Crippen MR) is 119 cm³/mol. The van der Waals surface area contributed by atoms with Crippen molar-refractivity contribution < 1.29 is 9.18 Å². The highest BCUT2D eigenvalue weighted by Gasteiger charge is 2.32. The second-order valence-electron chi connectivity index (χ2n) is 6.90. The van der Waals surface area contributed by atoms with Gasteiger partial charge < -0.3 is 4.57 Å². The lowest BCUT2D eigenvalue weighted by Gasteiger charge is -2.11. The summed E-state index contributed by atoms with van der Waals surface area (Å²) in [6.45, 7) is 6.50. The lowest BCUT2D eigenvalue weighted by atomic mass is 10.2. The Kier molecular flexibility index (Phi) is 5.55. The lowest BCUT2D eigenvalue weighted by molar-refractivity contribution is -0.122. The molecule has 3 heterocycles. The minimum absolute atomic E-state index is 0.0722. The summed E-state index contributed by atoms with van der Waals surface area (Å²) in [4.78, 5) is 23.8. The lowest BCUT2D eigenvalue weighted by Crippen LogP contribution is -2.28. The first-order chi connectivity index (χ1) is 14.5. The van der Waals surface area contributed by atoms with Crippen molar-refractivity contribution in [3.05, 3.63) is 82.5 Å². The number of carbonyl (C=O) groups is 1. The molecule has 0 aliphatic carbocycles. The highest BCUT2D eigenvalue weighted by molar-refractivity contribution is 8.18. The van der Waals surface area contributed by atoms with Crippen molar-refractivity contribution in [3.8, 4) is 5.69 Å². The highest BCUT2D eigenvalue weighted by Crippen LogP contribution is 2.35. The normalized spacial score (nSPS) is 16.8. The summed E-state index contributed by atoms with van der Waals surface area (Å²) < 4.78 is 15.3. The Labute approximate surface area is 179 Å². The molecule has 0 spiro atoms. The Morgan fingerprint density at radius 1 is 1.13 bits per heavy atom. The maximum atomic E-state index is 13.2. The van der Waals surface area contributed by atoms with Gasteiger partial charge in [0.25, 0.3) is 5.91 Å². The largest absolute Gasteiger partial charge is 0.318 e. The first kappa shape index (κ1) is 20.1. The van der Waals surface area contributed by atoms with Gasteiger partial charge in [-0.3, -0.25) is 14.7 Å². The quantitative estimate of drug-likeness (QED) is 0.542. The Morgan fingerprint density at radius 2 is 1.83 bits per heavy atom. The van der Waals surface area contributed by atoms with E-state index in [0.717, 1.165) is 22.6 Å². The summed E-state index contributed by atoms with van der Waals surface area (Å²) >= 11 is 1.34. The summed E-state index contributed by atoms with van der Waals surface area (Å²) in [6.07, 6.45) is 5.45. The van der Waals surface area contributed by atoms with Crippen LogP contribution < -0.4 is 0 Å². The minimum atomic E-state index is -0.313. The van der Waals surface area contributed by atoms with Gasteiger partial charge >= 0.3 is 0 Å². The van der Waals surface area contributed by atoms with Gasteiger partial charge in [0.2, 0.25) is 0 Å². The molecule has 0 radical (unpaired) electrons. The number of amidine groups is 1. The molecule has 1 aliphatic heterocycles. The first-order valence-corrected chi connectivity index (χ1v) is 10.4. The van der Waals surface area contributed by atoms with Crippen LogP contribution in [0.15, 0.2) is 64.8 Å². The summed E-state index contributed by atoms with van der Waals surface area (Å²) in [5.74, 6) is -0.385. The molecule has 0 unspecified atom stereocenters. The van der Waals surface area contributed by atoms with Crippen molar-refractivity contribution in [1.82, 2.24) is 14.5 Å². The minimum Gasteiger partial charge on any atom is -0.318 e. The zero-order valence-electron chi connectivity index (χ0n) is 17.0. The fourth-order valence-electron chi connectivity index (χ4n) is 3.46. The van der Waals surface area contributed by atoms with Gasteiger partial charge in [0.05, 0.1) is 10.6 Å². The zero-order valence-corrected chi connectivity index (χ0v) is 17.8. The Bertz CT molecular complexity index is 1150. The number of aliphatic imine (C=N–C) groups is 1. The number of amides is 1. The fourth-order valence-corrected chi connectivity index (χ4v) is 4.52. The molecule has 5 nitrogen and oxygen atoms in total. The number of aromatic nitrogens is 2. The smallest absolute Gasteiger partial charge is 0.266 e. The number of hydrogen-bond donors (Lipinski definition) is 0. The van der Waals surface area contributed by atoms with Crippen LogP contribution in [-0.2, 0) is 4.79 Å². The highest BCUT2D eigenvalue weighted by atomic mass is 32.2. The molecular weight excluding hydrogens is 399 g/mol. The molecule has 4 rings (SSSR count). The van der Waals surface area contributed by atoms with Crippen LogP contribution in [0.4, 0.5) is 10.1 Å². The van der Waals surface area contributed by atoms with Crippen LogP contribution in [-0.4, -0.2) is 32.1 Å². The SMILES string of the molecule is CCN1C(=O)/C(=C\c2cc(C)n(-c3ccncc3)c2C)SC1=Nc1ccc(F)cc1. The first-order valence-electron chi connectivity index (χ1n) is 9.63. The number of thioether (sulfide) groups is 1. The van der Waals surface area contributed by atoms with Crippen LogP contribution in [0.25, 0.3) is 11.8 Å². The topological polar surface area (TPSA) is 50.5 Å². The number of nitrogens with zero attached hydrogens (tertiary/aromatic N) is 4. The van der Waals surface area contributed by atoms with Crippen LogP contribution in [0.1, 0.15) is 23.9 Å². The van der Waals surface area contributed by atoms with E-state index in [1.807, 2.05) is 39.0 Å². The summed E-state index contributed by atoms with van der Waals surface area (Å²) in [7, 11) is 0. The van der Waals surface area contributed by atoms with Gasteiger partial charge in [0, 0.05) is 36.0 Å². The van der Waals surface area contributed by atoms with Gasteiger partial charge in [-0.1, -0.05) is 0 Å². The number of halogens is 1. The van der Waals surface area contributed by atoms with Crippen molar-refractivity contribution in [3.63, 3.8) is 0 Å². The molecular formula is C23H21FN4OS. The van der Waals surface area contributed by atoms with Crippen LogP contribution in [0, 0.1) is 19.7 Å². The molecule has 1 amide bonds. The van der Waals surface area contributed by atoms with Gasteiger partial charge in [-0.15, -0.1) is 0 Å². The van der Waals surface area contributed by atoms with Crippen molar-refractivity contribution in [2.45, 2.75) is 20.8 Å². The van der Waals surface area contributed by atoms with E-state index in [2.05, 4.69) is 20.6 Å². The molecule has 2 aromatic heterocycles. The maximum Gasteiger partial charge on any atom is 0.266 e. The van der Waals surface area contributed by atoms with E-state index in [1.54, 1.807) is 29.4 Å².